The summed E-state index contributed by atoms with van der Waals surface area (Å²) in [6, 6.07) is 10.2. The number of ether oxygens (including phenoxy) is 1. The van der Waals surface area contributed by atoms with E-state index in [4.69, 9.17) is 9.15 Å². The second-order valence-corrected chi connectivity index (χ2v) is 4.49. The van der Waals surface area contributed by atoms with Crippen LogP contribution in [0, 0.1) is 0 Å². The average Bonchev–Trinajstić information content (AvgIpc) is 2.94. The zero-order valence-electron chi connectivity index (χ0n) is 10.2. The van der Waals surface area contributed by atoms with Gasteiger partial charge in [-0.05, 0) is 30.3 Å². The third kappa shape index (κ3) is 1.64. The van der Waals surface area contributed by atoms with E-state index in [1.807, 2.05) is 18.2 Å². The van der Waals surface area contributed by atoms with Crippen LogP contribution in [-0.2, 0) is 0 Å². The molecule has 3 aromatic rings. The van der Waals surface area contributed by atoms with Gasteiger partial charge in [0, 0.05) is 17.3 Å². The fraction of sp³-hybridized carbons (Fsp3) is 0.133. The minimum atomic E-state index is 0.669. The lowest BCUT2D eigenvalue weighted by atomic mass is 10.2. The first-order valence-corrected chi connectivity index (χ1v) is 6.23. The normalized spacial score (nSPS) is 14.2. The van der Waals surface area contributed by atoms with Gasteiger partial charge in [-0.3, -0.25) is 4.98 Å². The van der Waals surface area contributed by atoms with E-state index in [9.17, 15) is 0 Å². The van der Waals surface area contributed by atoms with Gasteiger partial charge in [-0.25, -0.2) is 0 Å². The van der Waals surface area contributed by atoms with Crippen LogP contribution in [0.3, 0.4) is 0 Å². The number of aromatic nitrogens is 1. The minimum absolute atomic E-state index is 0.669. The van der Waals surface area contributed by atoms with E-state index < -0.39 is 0 Å². The lowest BCUT2D eigenvalue weighted by molar-refractivity contribution is 0.313. The molecule has 4 rings (SSSR count). The van der Waals surface area contributed by atoms with Crippen molar-refractivity contribution in [3.05, 3.63) is 49.0 Å². The topological polar surface area (TPSA) is 38.5 Å². The van der Waals surface area contributed by atoms with Crippen molar-refractivity contribution in [1.29, 1.82) is 0 Å². The summed E-state index contributed by atoms with van der Waals surface area (Å²) in [5.74, 6) is 0.834. The quantitative estimate of drug-likeness (QED) is 0.665. The Morgan fingerprint density at radius 3 is 3.16 bits per heavy atom. The summed E-state index contributed by atoms with van der Waals surface area (Å²) in [6.45, 7) is 1.50. The second-order valence-electron chi connectivity index (χ2n) is 4.49. The number of fused-ring (bicyclic) bond motifs is 2. The van der Waals surface area contributed by atoms with Crippen molar-refractivity contribution in [2.75, 3.05) is 18.1 Å². The molecule has 0 amide bonds. The Morgan fingerprint density at radius 2 is 2.16 bits per heavy atom. The molecule has 1 aliphatic rings. The number of hydrogen-bond acceptors (Lipinski definition) is 4. The zero-order valence-corrected chi connectivity index (χ0v) is 10.2. The van der Waals surface area contributed by atoms with E-state index in [2.05, 4.69) is 22.0 Å². The first kappa shape index (κ1) is 10.4. The molecular formula is C15H12N2O2. The highest BCUT2D eigenvalue weighted by Gasteiger charge is 2.19. The largest absolute Gasteiger partial charge is 0.488 e. The van der Waals surface area contributed by atoms with Crippen LogP contribution in [0.2, 0.25) is 0 Å². The number of anilines is 2. The van der Waals surface area contributed by atoms with E-state index in [1.165, 1.54) is 0 Å². The number of rotatable bonds is 1. The molecule has 0 spiro atoms. The molecule has 0 bridgehead atoms. The molecule has 2 aromatic heterocycles. The van der Waals surface area contributed by atoms with Gasteiger partial charge in [0.25, 0.3) is 0 Å². The van der Waals surface area contributed by atoms with Gasteiger partial charge in [-0.1, -0.05) is 0 Å². The van der Waals surface area contributed by atoms with Crippen LogP contribution in [0.5, 0.6) is 5.75 Å². The lowest BCUT2D eigenvalue weighted by Crippen LogP contribution is -2.28. The molecule has 3 heterocycles. The van der Waals surface area contributed by atoms with Crippen LogP contribution in [0.25, 0.3) is 11.0 Å². The van der Waals surface area contributed by atoms with Crippen LogP contribution < -0.4 is 9.64 Å². The van der Waals surface area contributed by atoms with E-state index >= 15 is 0 Å². The molecule has 0 fully saturated rings. The molecule has 19 heavy (non-hydrogen) atoms. The van der Waals surface area contributed by atoms with Crippen molar-refractivity contribution >= 4 is 22.3 Å². The monoisotopic (exact) mass is 252 g/mol. The van der Waals surface area contributed by atoms with Crippen molar-refractivity contribution < 1.29 is 9.15 Å². The Morgan fingerprint density at radius 1 is 1.16 bits per heavy atom. The molecule has 0 saturated carbocycles. The van der Waals surface area contributed by atoms with Crippen LogP contribution in [0.15, 0.2) is 53.4 Å². The molecule has 94 valence electrons. The Balaban J connectivity index is 1.84. The van der Waals surface area contributed by atoms with Crippen LogP contribution in [0.1, 0.15) is 0 Å². The first-order valence-electron chi connectivity index (χ1n) is 6.23. The number of benzene rings is 1. The average molecular weight is 252 g/mol. The smallest absolute Gasteiger partial charge is 0.161 e. The van der Waals surface area contributed by atoms with Gasteiger partial charge >= 0.3 is 0 Å². The summed E-state index contributed by atoms with van der Waals surface area (Å²) < 4.78 is 11.0. The molecule has 0 unspecified atom stereocenters. The van der Waals surface area contributed by atoms with Crippen molar-refractivity contribution in [2.45, 2.75) is 0 Å². The molecule has 4 nitrogen and oxygen atoms in total. The maximum Gasteiger partial charge on any atom is 0.161 e. The minimum Gasteiger partial charge on any atom is -0.488 e. The fourth-order valence-electron chi connectivity index (χ4n) is 2.46. The SMILES string of the molecule is c1cc2c(cn1)OCCN2c1ccc2occc2c1. The maximum absolute atomic E-state index is 5.62. The zero-order chi connectivity index (χ0) is 12.7. The third-order valence-electron chi connectivity index (χ3n) is 3.37. The summed E-state index contributed by atoms with van der Waals surface area (Å²) in [7, 11) is 0. The highest BCUT2D eigenvalue weighted by Crippen LogP contribution is 2.36. The second kappa shape index (κ2) is 4.02. The van der Waals surface area contributed by atoms with Gasteiger partial charge in [0.15, 0.2) is 5.75 Å². The van der Waals surface area contributed by atoms with Gasteiger partial charge in [0.1, 0.15) is 12.2 Å². The maximum atomic E-state index is 5.62. The predicted molar refractivity (Wildman–Crippen MR) is 73.0 cm³/mol. The Hall–Kier alpha value is -2.49. The molecular weight excluding hydrogens is 240 g/mol. The molecule has 1 aromatic carbocycles. The number of furan rings is 1. The number of hydrogen-bond donors (Lipinski definition) is 0. The standard InChI is InChI=1S/C15H12N2O2/c1-2-14-11(4-7-18-14)9-12(1)17-6-8-19-15-10-16-5-3-13(15)17/h1-5,7,9-10H,6,8H2. The summed E-state index contributed by atoms with van der Waals surface area (Å²) in [6.07, 6.45) is 5.26. The van der Waals surface area contributed by atoms with Crippen molar-refractivity contribution in [3.63, 3.8) is 0 Å². The van der Waals surface area contributed by atoms with Crippen LogP contribution in [0.4, 0.5) is 11.4 Å². The lowest BCUT2D eigenvalue weighted by Gasteiger charge is -2.30. The van der Waals surface area contributed by atoms with Gasteiger partial charge in [0.05, 0.1) is 24.7 Å². The number of pyridine rings is 1. The molecule has 1 aliphatic heterocycles. The van der Waals surface area contributed by atoms with Crippen molar-refractivity contribution in [2.24, 2.45) is 0 Å². The van der Waals surface area contributed by atoms with Crippen LogP contribution in [-0.4, -0.2) is 18.1 Å². The summed E-state index contributed by atoms with van der Waals surface area (Å²) >= 11 is 0. The summed E-state index contributed by atoms with van der Waals surface area (Å²) in [4.78, 5) is 6.34. The van der Waals surface area contributed by atoms with Crippen molar-refractivity contribution in [1.82, 2.24) is 4.98 Å². The molecule has 0 aliphatic carbocycles. The highest BCUT2D eigenvalue weighted by molar-refractivity contribution is 5.83. The van der Waals surface area contributed by atoms with E-state index in [-0.39, 0.29) is 0 Å². The molecule has 0 atom stereocenters. The predicted octanol–water partition coefficient (Wildman–Crippen LogP) is 3.36. The van der Waals surface area contributed by atoms with E-state index in [0.717, 1.165) is 34.6 Å². The summed E-state index contributed by atoms with van der Waals surface area (Å²) in [5.41, 5.74) is 3.11. The fourth-order valence-corrected chi connectivity index (χ4v) is 2.46. The van der Waals surface area contributed by atoms with Crippen LogP contribution >= 0.6 is 0 Å². The first-order chi connectivity index (χ1) is 9.42. The Kier molecular flexibility index (Phi) is 2.21. The highest BCUT2D eigenvalue weighted by atomic mass is 16.5. The molecule has 0 saturated heterocycles. The van der Waals surface area contributed by atoms with Gasteiger partial charge in [-0.2, -0.15) is 0 Å². The van der Waals surface area contributed by atoms with E-state index in [0.29, 0.717) is 6.61 Å². The summed E-state index contributed by atoms with van der Waals surface area (Å²) in [5, 5.41) is 1.11. The molecule has 4 heteroatoms. The Labute approximate surface area is 110 Å². The van der Waals surface area contributed by atoms with Gasteiger partial charge in [-0.15, -0.1) is 0 Å². The van der Waals surface area contributed by atoms with Gasteiger partial charge < -0.3 is 14.1 Å². The molecule has 0 radical (unpaired) electrons. The van der Waals surface area contributed by atoms with E-state index in [1.54, 1.807) is 18.7 Å². The molecule has 0 N–H and O–H groups in total. The van der Waals surface area contributed by atoms with Gasteiger partial charge in [0.2, 0.25) is 0 Å². The van der Waals surface area contributed by atoms with Crippen molar-refractivity contribution in [3.8, 4) is 5.75 Å². The Bertz CT molecular complexity index is 736. The third-order valence-corrected chi connectivity index (χ3v) is 3.37. The number of nitrogens with zero attached hydrogens (tertiary/aromatic N) is 2.